The van der Waals surface area contributed by atoms with Gasteiger partial charge in [-0.1, -0.05) is 267 Å². The zero-order valence-corrected chi connectivity index (χ0v) is 75.9. The van der Waals surface area contributed by atoms with Gasteiger partial charge in [-0.3, -0.25) is 0 Å². The minimum atomic E-state index is -0.509. The second kappa shape index (κ2) is 33.1. The van der Waals surface area contributed by atoms with Gasteiger partial charge in [0.25, 0.3) is 0 Å². The summed E-state index contributed by atoms with van der Waals surface area (Å²) in [6.45, 7) is 4.66. The summed E-state index contributed by atoms with van der Waals surface area (Å²) in [7, 11) is 0. The summed E-state index contributed by atoms with van der Waals surface area (Å²) in [6.07, 6.45) is 0. The highest BCUT2D eigenvalue weighted by Crippen LogP contribution is 2.64. The average Bonchev–Trinajstić information content (AvgIpc) is 1.50. The molecule has 6 heterocycles. The monoisotopic (exact) mass is 1780 g/mol. The van der Waals surface area contributed by atoms with Crippen molar-refractivity contribution in [1.29, 1.82) is 0 Å². The molecule has 6 aliphatic heterocycles. The molecule has 18 aromatic rings. The van der Waals surface area contributed by atoms with E-state index >= 15 is 0 Å². The molecule has 6 saturated heterocycles. The Labute approximate surface area is 777 Å². The normalized spacial score (nSPS) is 21.4. The molecule has 9 aliphatic rings. The maximum atomic E-state index is 6.18. The maximum Gasteiger partial charge on any atom is 0.119 e. The lowest BCUT2D eigenvalue weighted by atomic mass is 9.66. The van der Waals surface area contributed by atoms with E-state index in [-0.39, 0.29) is 0 Å². The van der Waals surface area contributed by atoms with Gasteiger partial charge in [0.15, 0.2) is 0 Å². The molecule has 6 atom stereocenters. The number of fused-ring (bicyclic) bond motifs is 19. The summed E-state index contributed by atoms with van der Waals surface area (Å²) in [5, 5.41) is 19.1. The number of benzene rings is 18. The van der Waals surface area contributed by atoms with E-state index in [0.29, 0.717) is 31.5 Å². The molecule has 0 bridgehead atoms. The van der Waals surface area contributed by atoms with Gasteiger partial charge in [0.2, 0.25) is 0 Å². The van der Waals surface area contributed by atoms with Crippen molar-refractivity contribution >= 4 is 135 Å². The first-order valence-electron chi connectivity index (χ1n) is 45.1. The van der Waals surface area contributed by atoms with E-state index in [2.05, 4.69) is 364 Å². The largest absolute Gasteiger partial charge is 0.492 e. The van der Waals surface area contributed by atoms with Crippen LogP contribution < -0.4 is 28.4 Å². The minimum absolute atomic E-state index is 0.492. The highest BCUT2D eigenvalue weighted by Gasteiger charge is 2.52. The van der Waals surface area contributed by atoms with E-state index in [1.54, 1.807) is 0 Å². The number of rotatable bonds is 24. The second-order valence-corrected chi connectivity index (χ2v) is 43.3. The molecule has 18 aromatic carbocycles. The first kappa shape index (κ1) is 79.6. The summed E-state index contributed by atoms with van der Waals surface area (Å²) >= 11 is 11.8. The smallest absolute Gasteiger partial charge is 0.119 e. The van der Waals surface area contributed by atoms with Crippen molar-refractivity contribution in [1.82, 2.24) is 0 Å². The van der Waals surface area contributed by atoms with Gasteiger partial charge in [0.05, 0.1) is 16.2 Å². The first-order valence-corrected chi connectivity index (χ1v) is 51.4. The van der Waals surface area contributed by atoms with Crippen LogP contribution >= 0.6 is 70.6 Å². The lowest BCUT2D eigenvalue weighted by molar-refractivity contribution is 0.329. The Morgan fingerprint density at radius 2 is 0.426 bits per heavy atom. The third kappa shape index (κ3) is 14.7. The molecule has 630 valence electrons. The molecule has 27 rings (SSSR count). The molecule has 6 nitrogen and oxygen atoms in total. The van der Waals surface area contributed by atoms with Crippen LogP contribution in [-0.4, -0.2) is 106 Å². The Hall–Kier alpha value is -11.6. The van der Waals surface area contributed by atoms with Gasteiger partial charge in [0.1, 0.15) is 74.1 Å². The van der Waals surface area contributed by atoms with Crippen LogP contribution in [-0.2, 0) is 16.2 Å². The average molecular weight is 1780 g/mol. The van der Waals surface area contributed by atoms with Crippen LogP contribution in [0.3, 0.4) is 0 Å². The van der Waals surface area contributed by atoms with Gasteiger partial charge < -0.3 is 28.4 Å². The Morgan fingerprint density at radius 1 is 0.194 bits per heavy atom. The Bertz CT molecular complexity index is 7010. The minimum Gasteiger partial charge on any atom is -0.492 e. The molecule has 6 unspecified atom stereocenters. The Morgan fingerprint density at radius 3 is 0.760 bits per heavy atom. The third-order valence-corrected chi connectivity index (χ3v) is 33.1. The van der Waals surface area contributed by atoms with Gasteiger partial charge in [0, 0.05) is 66.0 Å². The summed E-state index contributed by atoms with van der Waals surface area (Å²) in [6, 6.07) is 134. The summed E-state index contributed by atoms with van der Waals surface area (Å²) in [4.78, 5) is 0. The van der Waals surface area contributed by atoms with Crippen LogP contribution in [0.25, 0.3) is 98.0 Å². The maximum absolute atomic E-state index is 6.18. The van der Waals surface area contributed by atoms with E-state index in [0.717, 1.165) is 74.1 Å². The number of thioether (sulfide) groups is 6. The molecular formula is C117H90O6S6. The molecule has 0 aromatic heterocycles. The lowest BCUT2D eigenvalue weighted by Crippen LogP contribution is -2.29. The second-order valence-electron chi connectivity index (χ2n) is 35.3. The number of hydrogen-bond donors (Lipinski definition) is 0. The standard InChI is InChI=1S/3C39H30O2S2/c1-3-7-33-25(5-1)10-20-36-37(33)35-19-9-26-6-2-4-8-34(26)38(35)39(36,27-11-15-29(16-12-27)40-21-31-23-42-31)28-13-17-30(18-14-28)41-22-32-24-43-32;1-2-7-27-20-37-35(19-26(27)6-1)38-34-8-4-3-5-25(34)9-18-36(38)39(37,28-10-14-30(15-11-28)40-21-32-23-42-32)29-12-16-31(17-13-29)41-22-33-24-43-33;1-2-7-27-20-37-36(19-26(27)6-1)35-18-9-25-5-3-4-8-34(25)38(35)39(37,28-10-14-30(15-11-28)40-21-32-23-42-32)29-12-16-31(17-13-29)41-22-33-24-43-33/h1-20,31-32H,21-24H2;2*1-20,32-33H,21-24H2. The molecule has 0 amide bonds. The molecule has 12 heteroatoms. The third-order valence-electron chi connectivity index (χ3n) is 27.4. The van der Waals surface area contributed by atoms with Crippen LogP contribution in [0.4, 0.5) is 0 Å². The summed E-state index contributed by atoms with van der Waals surface area (Å²) in [5.74, 6) is 12.8. The van der Waals surface area contributed by atoms with Crippen LogP contribution in [0.1, 0.15) is 66.8 Å². The van der Waals surface area contributed by atoms with Crippen molar-refractivity contribution in [2.75, 3.05) is 74.2 Å². The SMILES string of the molecule is c1ccc2c3c(ccc2c1)C(c1ccc(OCC2CS2)cc1)(c1ccc(OCC2CS2)cc1)c1c-3ccc2ccccc12.c1ccc2cc3c(cc2c1)-c1c(ccc2ccccc12)C3(c1ccc(OCC2CS2)cc1)c1ccc(OCC2CS2)cc1.c1ccc2cc3c(cc2c1)-c1ccc2ccccc2c1C3(c1ccc(OCC2CS2)cc1)c1ccc(OCC2CS2)cc1. The molecule has 129 heavy (non-hydrogen) atoms. The fraction of sp³-hybridized carbons (Fsp3) is 0.179. The van der Waals surface area contributed by atoms with E-state index in [1.165, 1.54) is 199 Å². The zero-order valence-electron chi connectivity index (χ0n) is 71.0. The molecule has 0 saturated carbocycles. The molecule has 0 N–H and O–H groups in total. The van der Waals surface area contributed by atoms with E-state index in [1.807, 2.05) is 70.6 Å². The Kier molecular flexibility index (Phi) is 20.4. The fourth-order valence-corrected chi connectivity index (χ4v) is 23.1. The van der Waals surface area contributed by atoms with Crippen molar-refractivity contribution in [3.05, 3.63) is 431 Å². The molecule has 3 aliphatic carbocycles. The molecular weight excluding hydrogens is 1690 g/mol. The zero-order chi connectivity index (χ0) is 85.1. The van der Waals surface area contributed by atoms with E-state index in [9.17, 15) is 0 Å². The van der Waals surface area contributed by atoms with Crippen LogP contribution in [0.5, 0.6) is 34.5 Å². The molecule has 6 fully saturated rings. The number of ether oxygens (including phenoxy) is 6. The Balaban J connectivity index is 0.000000105. The lowest BCUT2D eigenvalue weighted by Gasteiger charge is -2.35. The van der Waals surface area contributed by atoms with Gasteiger partial charge in [-0.2, -0.15) is 70.6 Å². The fourth-order valence-electron chi connectivity index (χ4n) is 20.7. The van der Waals surface area contributed by atoms with Crippen molar-refractivity contribution in [3.63, 3.8) is 0 Å². The van der Waals surface area contributed by atoms with Crippen molar-refractivity contribution < 1.29 is 28.4 Å². The van der Waals surface area contributed by atoms with E-state index < -0.39 is 16.2 Å². The summed E-state index contributed by atoms with van der Waals surface area (Å²) < 4.78 is 37.1. The van der Waals surface area contributed by atoms with Crippen LogP contribution in [0.2, 0.25) is 0 Å². The predicted molar refractivity (Wildman–Crippen MR) is 547 cm³/mol. The van der Waals surface area contributed by atoms with Crippen molar-refractivity contribution in [3.8, 4) is 67.9 Å². The first-order chi connectivity index (χ1) is 63.8. The predicted octanol–water partition coefficient (Wildman–Crippen LogP) is 28.0. The van der Waals surface area contributed by atoms with Gasteiger partial charge in [-0.15, -0.1) is 0 Å². The molecule has 0 radical (unpaired) electrons. The highest BCUT2D eigenvalue weighted by atomic mass is 32.2. The van der Waals surface area contributed by atoms with Gasteiger partial charge >= 0.3 is 0 Å². The van der Waals surface area contributed by atoms with Gasteiger partial charge in [-0.25, -0.2) is 0 Å². The summed E-state index contributed by atoms with van der Waals surface area (Å²) in [5.41, 5.74) is 21.8. The van der Waals surface area contributed by atoms with Crippen molar-refractivity contribution in [2.24, 2.45) is 0 Å². The van der Waals surface area contributed by atoms with Crippen LogP contribution in [0, 0.1) is 0 Å². The van der Waals surface area contributed by atoms with Gasteiger partial charge in [-0.05, 0) is 262 Å². The quantitative estimate of drug-likeness (QED) is 0.0542. The van der Waals surface area contributed by atoms with Crippen LogP contribution in [0.15, 0.2) is 364 Å². The highest BCUT2D eigenvalue weighted by molar-refractivity contribution is 8.08. The number of hydrogen-bond acceptors (Lipinski definition) is 12. The van der Waals surface area contributed by atoms with Crippen molar-refractivity contribution in [2.45, 2.75) is 47.7 Å². The topological polar surface area (TPSA) is 55.4 Å². The molecule has 0 spiro atoms. The van der Waals surface area contributed by atoms with E-state index in [4.69, 9.17) is 28.4 Å².